The Labute approximate surface area is 125 Å². The molecule has 0 aromatic carbocycles. The standard InChI is InChI=1S/C15H26N2O4/c1-4-11(5-14(19)20)7-16-15(21)12-6-13(18)17(9-12)8-10(2)3/h10-12H,4-9H2,1-3H3,(H,16,21)(H,19,20). The molecular formula is C15H26N2O4. The summed E-state index contributed by atoms with van der Waals surface area (Å²) in [6.07, 6.45) is 1.02. The number of hydrogen-bond acceptors (Lipinski definition) is 3. The van der Waals surface area contributed by atoms with E-state index in [0.29, 0.717) is 32.0 Å². The Hall–Kier alpha value is -1.59. The third-order valence-electron chi connectivity index (χ3n) is 3.78. The molecule has 0 bridgehead atoms. The first-order valence-electron chi connectivity index (χ1n) is 7.60. The third-order valence-corrected chi connectivity index (χ3v) is 3.78. The summed E-state index contributed by atoms with van der Waals surface area (Å²) in [5.74, 6) is -0.945. The van der Waals surface area contributed by atoms with Crippen molar-refractivity contribution >= 4 is 17.8 Å². The summed E-state index contributed by atoms with van der Waals surface area (Å²) in [5.41, 5.74) is 0. The van der Waals surface area contributed by atoms with Crippen LogP contribution >= 0.6 is 0 Å². The molecule has 0 saturated carbocycles. The fourth-order valence-electron chi connectivity index (χ4n) is 2.56. The average Bonchev–Trinajstić information content (AvgIpc) is 2.74. The van der Waals surface area contributed by atoms with Gasteiger partial charge in [0.25, 0.3) is 0 Å². The van der Waals surface area contributed by atoms with Gasteiger partial charge in [0.05, 0.1) is 5.92 Å². The smallest absolute Gasteiger partial charge is 0.303 e. The number of nitrogens with one attached hydrogen (secondary N) is 1. The second kappa shape index (κ2) is 8.00. The highest BCUT2D eigenvalue weighted by Crippen LogP contribution is 2.19. The predicted octanol–water partition coefficient (Wildman–Crippen LogP) is 1.11. The minimum absolute atomic E-state index is 0.0291. The van der Waals surface area contributed by atoms with Crippen molar-refractivity contribution in [1.82, 2.24) is 10.2 Å². The van der Waals surface area contributed by atoms with Crippen LogP contribution in [0, 0.1) is 17.8 Å². The molecule has 0 radical (unpaired) electrons. The van der Waals surface area contributed by atoms with Crippen molar-refractivity contribution in [1.29, 1.82) is 0 Å². The zero-order valence-electron chi connectivity index (χ0n) is 13.1. The summed E-state index contributed by atoms with van der Waals surface area (Å²) in [5, 5.41) is 11.6. The van der Waals surface area contributed by atoms with Crippen molar-refractivity contribution in [3.05, 3.63) is 0 Å². The molecule has 1 fully saturated rings. The Kier molecular flexibility index (Phi) is 6.65. The van der Waals surface area contributed by atoms with Gasteiger partial charge in [-0.05, 0) is 11.8 Å². The number of hydrogen-bond donors (Lipinski definition) is 2. The zero-order chi connectivity index (χ0) is 16.0. The van der Waals surface area contributed by atoms with Crippen LogP contribution in [0.4, 0.5) is 0 Å². The zero-order valence-corrected chi connectivity index (χ0v) is 13.1. The number of likely N-dealkylation sites (tertiary alicyclic amines) is 1. The molecule has 2 N–H and O–H groups in total. The maximum Gasteiger partial charge on any atom is 0.303 e. The number of nitrogens with zero attached hydrogens (tertiary/aromatic N) is 1. The molecule has 1 saturated heterocycles. The van der Waals surface area contributed by atoms with E-state index in [1.807, 2.05) is 20.8 Å². The van der Waals surface area contributed by atoms with E-state index in [2.05, 4.69) is 5.32 Å². The summed E-state index contributed by atoms with van der Waals surface area (Å²) >= 11 is 0. The second-order valence-corrected chi connectivity index (χ2v) is 6.21. The van der Waals surface area contributed by atoms with Crippen LogP contribution in [-0.4, -0.2) is 47.4 Å². The molecule has 0 aromatic rings. The van der Waals surface area contributed by atoms with Crippen molar-refractivity contribution in [3.63, 3.8) is 0 Å². The lowest BCUT2D eigenvalue weighted by atomic mass is 10.0. The van der Waals surface area contributed by atoms with Crippen LogP contribution in [0.25, 0.3) is 0 Å². The van der Waals surface area contributed by atoms with E-state index in [1.54, 1.807) is 4.90 Å². The molecule has 1 heterocycles. The molecule has 2 unspecified atom stereocenters. The Morgan fingerprint density at radius 2 is 2.10 bits per heavy atom. The fourth-order valence-corrected chi connectivity index (χ4v) is 2.56. The highest BCUT2D eigenvalue weighted by molar-refractivity contribution is 5.89. The van der Waals surface area contributed by atoms with Crippen molar-refractivity contribution in [2.45, 2.75) is 40.0 Å². The van der Waals surface area contributed by atoms with E-state index >= 15 is 0 Å². The first kappa shape index (κ1) is 17.5. The summed E-state index contributed by atoms with van der Waals surface area (Å²) in [6.45, 7) is 7.49. The van der Waals surface area contributed by atoms with Gasteiger partial charge in [0.2, 0.25) is 11.8 Å². The molecule has 0 spiro atoms. The number of amides is 2. The first-order valence-corrected chi connectivity index (χ1v) is 7.60. The van der Waals surface area contributed by atoms with Crippen molar-refractivity contribution in [2.75, 3.05) is 19.6 Å². The number of carbonyl (C=O) groups is 3. The van der Waals surface area contributed by atoms with E-state index in [0.717, 1.165) is 0 Å². The summed E-state index contributed by atoms with van der Waals surface area (Å²) in [7, 11) is 0. The molecule has 0 aromatic heterocycles. The molecule has 120 valence electrons. The molecule has 1 rings (SSSR count). The van der Waals surface area contributed by atoms with E-state index < -0.39 is 5.97 Å². The molecule has 21 heavy (non-hydrogen) atoms. The Morgan fingerprint density at radius 3 is 2.62 bits per heavy atom. The third kappa shape index (κ3) is 5.73. The van der Waals surface area contributed by atoms with E-state index in [9.17, 15) is 14.4 Å². The Bertz CT molecular complexity index is 395. The van der Waals surface area contributed by atoms with E-state index in [1.165, 1.54) is 0 Å². The largest absolute Gasteiger partial charge is 0.481 e. The van der Waals surface area contributed by atoms with Gasteiger partial charge in [-0.3, -0.25) is 14.4 Å². The summed E-state index contributed by atoms with van der Waals surface area (Å²) in [6, 6.07) is 0. The van der Waals surface area contributed by atoms with Crippen molar-refractivity contribution in [2.24, 2.45) is 17.8 Å². The van der Waals surface area contributed by atoms with Gasteiger partial charge in [-0.1, -0.05) is 27.2 Å². The average molecular weight is 298 g/mol. The van der Waals surface area contributed by atoms with Crippen molar-refractivity contribution < 1.29 is 19.5 Å². The minimum atomic E-state index is -0.852. The lowest BCUT2D eigenvalue weighted by Gasteiger charge is -2.19. The van der Waals surface area contributed by atoms with Gasteiger partial charge >= 0.3 is 5.97 Å². The summed E-state index contributed by atoms with van der Waals surface area (Å²) in [4.78, 5) is 36.4. The van der Waals surface area contributed by atoms with Gasteiger partial charge in [-0.2, -0.15) is 0 Å². The minimum Gasteiger partial charge on any atom is -0.481 e. The number of rotatable bonds is 8. The highest BCUT2D eigenvalue weighted by Gasteiger charge is 2.34. The van der Waals surface area contributed by atoms with Crippen LogP contribution in [0.1, 0.15) is 40.0 Å². The monoisotopic (exact) mass is 298 g/mol. The lowest BCUT2D eigenvalue weighted by molar-refractivity contribution is -0.138. The molecule has 0 aliphatic carbocycles. The molecule has 6 heteroatoms. The van der Waals surface area contributed by atoms with Gasteiger partial charge in [-0.25, -0.2) is 0 Å². The molecule has 1 aliphatic heterocycles. The van der Waals surface area contributed by atoms with Crippen LogP contribution in [0.5, 0.6) is 0 Å². The molecular weight excluding hydrogens is 272 g/mol. The van der Waals surface area contributed by atoms with Crippen molar-refractivity contribution in [3.8, 4) is 0 Å². The number of aliphatic carboxylic acids is 1. The van der Waals surface area contributed by atoms with Crippen LogP contribution in [0.2, 0.25) is 0 Å². The van der Waals surface area contributed by atoms with Gasteiger partial charge < -0.3 is 15.3 Å². The fraction of sp³-hybridized carbons (Fsp3) is 0.800. The van der Waals surface area contributed by atoms with Crippen LogP contribution < -0.4 is 5.32 Å². The van der Waals surface area contributed by atoms with Crippen LogP contribution in [0.3, 0.4) is 0 Å². The molecule has 2 atom stereocenters. The van der Waals surface area contributed by atoms with E-state index in [-0.39, 0.29) is 36.5 Å². The normalized spacial score (nSPS) is 19.9. The number of carbonyl (C=O) groups excluding carboxylic acids is 2. The maximum absolute atomic E-state index is 12.1. The van der Waals surface area contributed by atoms with Gasteiger partial charge in [0.1, 0.15) is 0 Å². The predicted molar refractivity (Wildman–Crippen MR) is 78.6 cm³/mol. The summed E-state index contributed by atoms with van der Waals surface area (Å²) < 4.78 is 0. The van der Waals surface area contributed by atoms with Gasteiger partial charge in [-0.15, -0.1) is 0 Å². The molecule has 2 amide bonds. The molecule has 6 nitrogen and oxygen atoms in total. The topological polar surface area (TPSA) is 86.7 Å². The first-order chi connectivity index (χ1) is 9.83. The Morgan fingerprint density at radius 1 is 1.43 bits per heavy atom. The number of carboxylic acids is 1. The van der Waals surface area contributed by atoms with Crippen LogP contribution in [-0.2, 0) is 14.4 Å². The maximum atomic E-state index is 12.1. The van der Waals surface area contributed by atoms with Gasteiger partial charge in [0.15, 0.2) is 0 Å². The number of carboxylic acid groups (broad SMARTS) is 1. The lowest BCUT2D eigenvalue weighted by Crippen LogP contribution is -2.36. The quantitative estimate of drug-likeness (QED) is 0.703. The van der Waals surface area contributed by atoms with E-state index in [4.69, 9.17) is 5.11 Å². The second-order valence-electron chi connectivity index (χ2n) is 6.21. The highest BCUT2D eigenvalue weighted by atomic mass is 16.4. The van der Waals surface area contributed by atoms with Gasteiger partial charge in [0, 0.05) is 32.5 Å². The SMILES string of the molecule is CCC(CNC(=O)C1CC(=O)N(CC(C)C)C1)CC(=O)O. The Balaban J connectivity index is 2.42. The molecule has 1 aliphatic rings. The van der Waals surface area contributed by atoms with Crippen LogP contribution in [0.15, 0.2) is 0 Å².